The Morgan fingerprint density at radius 3 is 2.05 bits per heavy atom. The number of anilines is 2. The van der Waals surface area contributed by atoms with Gasteiger partial charge in [-0.1, -0.05) is 73.7 Å². The number of hydrogen-bond donors (Lipinski definition) is 3. The van der Waals surface area contributed by atoms with Gasteiger partial charge in [-0.05, 0) is 120 Å². The van der Waals surface area contributed by atoms with Crippen molar-refractivity contribution < 1.29 is 24.4 Å². The lowest BCUT2D eigenvalue weighted by atomic mass is 9.79. The van der Waals surface area contributed by atoms with Gasteiger partial charge < -0.3 is 24.7 Å². The van der Waals surface area contributed by atoms with Gasteiger partial charge >= 0.3 is 7.12 Å². The predicted octanol–water partition coefficient (Wildman–Crippen LogP) is 5.32. The number of piperazine rings is 1. The number of nitrogens with zero attached hydrogens (tertiary/aromatic N) is 4. The molecule has 4 aliphatic heterocycles. The van der Waals surface area contributed by atoms with E-state index in [-0.39, 0.29) is 24.1 Å². The molecule has 11 heteroatoms. The third-order valence-electron chi connectivity index (χ3n) is 12.7. The normalized spacial score (nSPS) is 19.6. The Labute approximate surface area is 342 Å². The second-order valence-electron chi connectivity index (χ2n) is 16.3. The molecule has 3 fully saturated rings. The fourth-order valence-electron chi connectivity index (χ4n) is 9.41. The Balaban J connectivity index is 0.807. The summed E-state index contributed by atoms with van der Waals surface area (Å²) in [7, 11) is -1.49. The number of hydrogen-bond acceptors (Lipinski definition) is 8. The number of fused-ring (bicyclic) bond motifs is 1. The first-order valence-electron chi connectivity index (χ1n) is 21.1. The van der Waals surface area contributed by atoms with Gasteiger partial charge in [0.05, 0.1) is 0 Å². The van der Waals surface area contributed by atoms with Gasteiger partial charge in [-0.3, -0.25) is 24.6 Å². The number of rotatable bonds is 12. The van der Waals surface area contributed by atoms with Crippen LogP contribution in [0.15, 0.2) is 97.1 Å². The smallest absolute Gasteiger partial charge is 0.423 e. The fourth-order valence-corrected chi connectivity index (χ4v) is 9.41. The van der Waals surface area contributed by atoms with E-state index in [9.17, 15) is 24.4 Å². The van der Waals surface area contributed by atoms with Crippen LogP contribution >= 0.6 is 0 Å². The van der Waals surface area contributed by atoms with E-state index >= 15 is 0 Å². The lowest BCUT2D eigenvalue weighted by molar-refractivity contribution is -0.136. The van der Waals surface area contributed by atoms with Crippen LogP contribution in [-0.2, 0) is 16.1 Å². The topological polar surface area (TPSA) is 117 Å². The van der Waals surface area contributed by atoms with Gasteiger partial charge in [0.2, 0.25) is 11.8 Å². The lowest BCUT2D eigenvalue weighted by Gasteiger charge is -2.37. The Morgan fingerprint density at radius 2 is 1.40 bits per heavy atom. The molecule has 0 spiro atoms. The van der Waals surface area contributed by atoms with Crippen LogP contribution in [0.5, 0.6) is 0 Å². The summed E-state index contributed by atoms with van der Waals surface area (Å²) >= 11 is 0. The summed E-state index contributed by atoms with van der Waals surface area (Å²) < 4.78 is 0. The first kappa shape index (κ1) is 39.6. The zero-order valence-corrected chi connectivity index (χ0v) is 33.5. The molecule has 4 heterocycles. The molecule has 3 saturated heterocycles. The summed E-state index contributed by atoms with van der Waals surface area (Å²) in [6.45, 7) is 9.89. The molecule has 300 valence electrons. The predicted molar refractivity (Wildman–Crippen MR) is 231 cm³/mol. The summed E-state index contributed by atoms with van der Waals surface area (Å²) in [5, 5.41) is 21.8. The second-order valence-corrected chi connectivity index (χ2v) is 16.3. The van der Waals surface area contributed by atoms with Crippen LogP contribution in [0.2, 0.25) is 0 Å². The van der Waals surface area contributed by atoms with Crippen LogP contribution in [0.25, 0.3) is 11.1 Å². The summed E-state index contributed by atoms with van der Waals surface area (Å²) in [5.74, 6) is -0.0358. The average Bonchev–Trinajstić information content (AvgIpc) is 3.58. The van der Waals surface area contributed by atoms with E-state index in [1.165, 1.54) is 42.5 Å². The van der Waals surface area contributed by atoms with Crippen molar-refractivity contribution in [3.63, 3.8) is 0 Å². The van der Waals surface area contributed by atoms with Gasteiger partial charge in [-0.2, -0.15) is 0 Å². The highest BCUT2D eigenvalue weighted by Crippen LogP contribution is 2.36. The van der Waals surface area contributed by atoms with Gasteiger partial charge in [0.25, 0.3) is 5.91 Å². The average molecular weight is 780 g/mol. The third kappa shape index (κ3) is 8.62. The number of piperidine rings is 2. The van der Waals surface area contributed by atoms with Crippen LogP contribution in [0.3, 0.4) is 0 Å². The second kappa shape index (κ2) is 17.7. The Bertz CT molecular complexity index is 2130. The van der Waals surface area contributed by atoms with Crippen molar-refractivity contribution in [3.8, 4) is 0 Å². The molecule has 0 aliphatic carbocycles. The summed E-state index contributed by atoms with van der Waals surface area (Å²) in [6.07, 6.45) is 6.30. The molecule has 0 bridgehead atoms. The summed E-state index contributed by atoms with van der Waals surface area (Å²) in [4.78, 5) is 46.4. The van der Waals surface area contributed by atoms with E-state index in [2.05, 4.69) is 81.5 Å². The van der Waals surface area contributed by atoms with Gasteiger partial charge in [0.15, 0.2) is 0 Å². The molecule has 0 aromatic heterocycles. The fraction of sp³-hybridized carbons (Fsp3) is 0.383. The molecule has 0 radical (unpaired) electrons. The van der Waals surface area contributed by atoms with Crippen molar-refractivity contribution in [2.75, 3.05) is 55.6 Å². The van der Waals surface area contributed by atoms with Crippen LogP contribution < -0.4 is 20.6 Å². The minimum absolute atomic E-state index is 0.121. The van der Waals surface area contributed by atoms with Gasteiger partial charge in [0.1, 0.15) is 6.04 Å². The lowest BCUT2D eigenvalue weighted by Crippen LogP contribution is -2.52. The number of carbonyl (C=O) groups is 3. The SMILES string of the molecule is CC/C(=C(/c1ccc(B(O)O)cc1)c1ccc(N2CCN(CCCC3CCN(c4ccc5c(c4)CN(C4CCC(=O)NC4=O)C5=O)CC3)CC2)cc1)c1ccccc1. The van der Waals surface area contributed by atoms with Gasteiger partial charge in [-0.25, -0.2) is 0 Å². The molecule has 0 saturated carbocycles. The van der Waals surface area contributed by atoms with Gasteiger partial charge in [0, 0.05) is 69.2 Å². The van der Waals surface area contributed by atoms with Gasteiger partial charge in [-0.15, -0.1) is 0 Å². The molecule has 1 atom stereocenters. The quantitative estimate of drug-likeness (QED) is 0.101. The Morgan fingerprint density at radius 1 is 0.741 bits per heavy atom. The molecule has 4 aromatic rings. The highest BCUT2D eigenvalue weighted by atomic mass is 16.4. The Kier molecular flexibility index (Phi) is 12.1. The van der Waals surface area contributed by atoms with E-state index < -0.39 is 13.2 Å². The van der Waals surface area contributed by atoms with Crippen molar-refractivity contribution in [2.24, 2.45) is 5.92 Å². The first-order chi connectivity index (χ1) is 28.2. The van der Waals surface area contributed by atoms with E-state index in [1.807, 2.05) is 30.3 Å². The van der Waals surface area contributed by atoms with Crippen LogP contribution in [0.4, 0.5) is 11.4 Å². The first-order valence-corrected chi connectivity index (χ1v) is 21.1. The maximum Gasteiger partial charge on any atom is 0.488 e. The zero-order chi connectivity index (χ0) is 40.2. The standard InChI is InChI=1S/C47H54BN5O5/c1-2-41(34-8-4-3-5-9-34)45(35-10-14-38(15-11-35)48(57)58)36-12-16-39(17-13-36)52-29-27-50(28-30-52)24-6-7-33-22-25-51(26-23-33)40-18-19-42-37(31-40)32-53(47(42)56)43-20-21-44(54)49-46(43)55/h3-5,8-19,31,33,43,57-58H,2,6-7,20-30,32H2,1H3,(H,49,54,55)/b45-41+. The molecular weight excluding hydrogens is 725 g/mol. The van der Waals surface area contributed by atoms with Crippen molar-refractivity contribution in [2.45, 2.75) is 64.5 Å². The van der Waals surface area contributed by atoms with Crippen LogP contribution in [0, 0.1) is 5.92 Å². The molecule has 10 nitrogen and oxygen atoms in total. The zero-order valence-electron chi connectivity index (χ0n) is 33.5. The number of allylic oxidation sites excluding steroid dienone is 1. The molecule has 4 aliphatic rings. The van der Waals surface area contributed by atoms with Crippen molar-refractivity contribution >= 4 is 52.8 Å². The van der Waals surface area contributed by atoms with E-state index in [0.717, 1.165) is 86.1 Å². The molecule has 58 heavy (non-hydrogen) atoms. The maximum atomic E-state index is 13.1. The molecule has 4 aromatic carbocycles. The molecule has 1 unspecified atom stereocenters. The van der Waals surface area contributed by atoms with E-state index in [4.69, 9.17) is 0 Å². The number of benzene rings is 4. The van der Waals surface area contributed by atoms with E-state index in [0.29, 0.717) is 24.0 Å². The number of amides is 3. The highest BCUT2D eigenvalue weighted by molar-refractivity contribution is 6.58. The van der Waals surface area contributed by atoms with E-state index in [1.54, 1.807) is 17.0 Å². The minimum Gasteiger partial charge on any atom is -0.423 e. The molecular formula is C47H54BN5O5. The summed E-state index contributed by atoms with van der Waals surface area (Å²) in [5.41, 5.74) is 10.3. The highest BCUT2D eigenvalue weighted by Gasteiger charge is 2.39. The van der Waals surface area contributed by atoms with Crippen LogP contribution in [-0.4, -0.2) is 96.5 Å². The molecule has 8 rings (SSSR count). The van der Waals surface area contributed by atoms with Crippen molar-refractivity contribution in [1.29, 1.82) is 0 Å². The number of imide groups is 1. The summed E-state index contributed by atoms with van der Waals surface area (Å²) in [6, 6.07) is 32.5. The Hall–Kier alpha value is -5.23. The number of carbonyl (C=O) groups excluding carboxylic acids is 3. The molecule has 3 amide bonds. The van der Waals surface area contributed by atoms with Crippen LogP contribution in [0.1, 0.15) is 84.5 Å². The molecule has 3 N–H and O–H groups in total. The maximum absolute atomic E-state index is 13.1. The minimum atomic E-state index is -1.49. The largest absolute Gasteiger partial charge is 0.488 e. The third-order valence-corrected chi connectivity index (χ3v) is 12.7. The monoisotopic (exact) mass is 779 g/mol. The van der Waals surface area contributed by atoms with Crippen molar-refractivity contribution in [3.05, 3.63) is 125 Å². The number of nitrogens with one attached hydrogen (secondary N) is 1. The van der Waals surface area contributed by atoms with Crippen molar-refractivity contribution in [1.82, 2.24) is 15.1 Å².